The summed E-state index contributed by atoms with van der Waals surface area (Å²) in [5.74, 6) is 0. The molecule has 4 heteroatoms. The van der Waals surface area contributed by atoms with Crippen LogP contribution in [0.4, 0.5) is 0 Å². The van der Waals surface area contributed by atoms with Crippen molar-refractivity contribution in [1.29, 1.82) is 0 Å². The van der Waals surface area contributed by atoms with Gasteiger partial charge in [0.2, 0.25) is 0 Å². The highest BCUT2D eigenvalue weighted by Gasteiger charge is 2.18. The largest absolute Gasteiger partial charge is 0.282 e. The number of hydrogen-bond acceptors (Lipinski definition) is 2. The molecule has 5 aromatic rings. The number of rotatable bonds is 0. The van der Waals surface area contributed by atoms with E-state index < -0.39 is 0 Å². The minimum atomic E-state index is -0.263. The molecule has 2 aromatic heterocycles. The fraction of sp³-hybridized carbons (Fsp3) is 0. The molecular formula is C18H10N2O2. The van der Waals surface area contributed by atoms with Crippen molar-refractivity contribution < 1.29 is 0 Å². The third-order valence-electron chi connectivity index (χ3n) is 4.29. The molecule has 0 fully saturated rings. The summed E-state index contributed by atoms with van der Waals surface area (Å²) in [5, 5.41) is 3.16. The molecule has 104 valence electrons. The Morgan fingerprint density at radius 1 is 0.591 bits per heavy atom. The van der Waals surface area contributed by atoms with Crippen molar-refractivity contribution in [2.75, 3.05) is 0 Å². The zero-order valence-electron chi connectivity index (χ0n) is 11.5. The van der Waals surface area contributed by atoms with Crippen molar-refractivity contribution in [3.05, 3.63) is 81.4 Å². The number of benzene rings is 3. The molecule has 0 saturated heterocycles. The van der Waals surface area contributed by atoms with E-state index in [9.17, 15) is 9.59 Å². The van der Waals surface area contributed by atoms with E-state index in [1.165, 1.54) is 4.52 Å². The molecule has 0 unspecified atom stereocenters. The third-order valence-corrected chi connectivity index (χ3v) is 4.29. The minimum absolute atomic E-state index is 0.262. The molecular weight excluding hydrogens is 276 g/mol. The second kappa shape index (κ2) is 3.74. The standard InChI is InChI=1S/C18H10N2O2/c21-17-13-7-3-4-8-15(13)19-16-12-6-2-1-5-11(12)9-10-14(16)18(22)20(17)19/h1-10H. The molecule has 0 spiro atoms. The average Bonchev–Trinajstić information content (AvgIpc) is 3.03. The highest BCUT2D eigenvalue weighted by Crippen LogP contribution is 2.25. The van der Waals surface area contributed by atoms with Crippen LogP contribution in [0.15, 0.2) is 70.3 Å². The summed E-state index contributed by atoms with van der Waals surface area (Å²) in [5.41, 5.74) is 1.03. The van der Waals surface area contributed by atoms with E-state index in [0.717, 1.165) is 21.8 Å². The van der Waals surface area contributed by atoms with Crippen LogP contribution in [0.1, 0.15) is 0 Å². The summed E-state index contributed by atoms with van der Waals surface area (Å²) in [6, 6.07) is 18.9. The van der Waals surface area contributed by atoms with E-state index in [1.807, 2.05) is 48.5 Å². The van der Waals surface area contributed by atoms with E-state index in [4.69, 9.17) is 0 Å². The molecule has 5 rings (SSSR count). The molecule has 0 atom stereocenters. The normalized spacial score (nSPS) is 12.0. The summed E-state index contributed by atoms with van der Waals surface area (Å²) in [6.07, 6.45) is 0. The van der Waals surface area contributed by atoms with Crippen LogP contribution in [0.3, 0.4) is 0 Å². The Morgan fingerprint density at radius 2 is 1.27 bits per heavy atom. The zero-order valence-corrected chi connectivity index (χ0v) is 11.5. The van der Waals surface area contributed by atoms with Crippen molar-refractivity contribution in [2.24, 2.45) is 0 Å². The predicted octanol–water partition coefficient (Wildman–Crippen LogP) is 2.66. The van der Waals surface area contributed by atoms with Gasteiger partial charge in [0, 0.05) is 5.39 Å². The van der Waals surface area contributed by atoms with E-state index in [0.29, 0.717) is 10.8 Å². The van der Waals surface area contributed by atoms with Crippen molar-refractivity contribution in [2.45, 2.75) is 0 Å². The molecule has 0 aliphatic rings. The van der Waals surface area contributed by atoms with Crippen LogP contribution >= 0.6 is 0 Å². The Kier molecular flexibility index (Phi) is 1.96. The molecule has 0 N–H and O–H groups in total. The SMILES string of the molecule is O=c1c2ccccc2n2c3c(ccc4ccccc43)c(=O)n12. The molecule has 3 aromatic carbocycles. The van der Waals surface area contributed by atoms with Gasteiger partial charge in [0.1, 0.15) is 0 Å². The Balaban J connectivity index is 2.28. The lowest BCUT2D eigenvalue weighted by Crippen LogP contribution is -2.21. The summed E-state index contributed by atoms with van der Waals surface area (Å²) < 4.78 is 2.99. The second-order valence-electron chi connectivity index (χ2n) is 5.43. The lowest BCUT2D eigenvalue weighted by atomic mass is 10.1. The van der Waals surface area contributed by atoms with Crippen LogP contribution in [-0.4, -0.2) is 9.03 Å². The van der Waals surface area contributed by atoms with Crippen molar-refractivity contribution in [3.8, 4) is 0 Å². The number of aromatic nitrogens is 2. The summed E-state index contributed by atoms with van der Waals surface area (Å²) in [7, 11) is 0. The van der Waals surface area contributed by atoms with Crippen LogP contribution in [0.2, 0.25) is 0 Å². The van der Waals surface area contributed by atoms with Crippen LogP contribution in [0.5, 0.6) is 0 Å². The van der Waals surface area contributed by atoms with Gasteiger partial charge in [-0.25, -0.2) is 4.52 Å². The van der Waals surface area contributed by atoms with Crippen molar-refractivity contribution in [3.63, 3.8) is 0 Å². The Labute approximate surface area is 123 Å². The predicted molar refractivity (Wildman–Crippen MR) is 87.1 cm³/mol. The van der Waals surface area contributed by atoms with Gasteiger partial charge in [-0.3, -0.25) is 9.59 Å². The number of para-hydroxylation sites is 1. The van der Waals surface area contributed by atoms with Crippen LogP contribution < -0.4 is 11.1 Å². The first kappa shape index (κ1) is 11.5. The van der Waals surface area contributed by atoms with Gasteiger partial charge in [0.15, 0.2) is 0 Å². The molecule has 0 saturated carbocycles. The quantitative estimate of drug-likeness (QED) is 0.439. The van der Waals surface area contributed by atoms with Gasteiger partial charge in [-0.15, -0.1) is 0 Å². The summed E-state index contributed by atoms with van der Waals surface area (Å²) >= 11 is 0. The smallest absolute Gasteiger partial charge is 0.267 e. The molecule has 0 radical (unpaired) electrons. The van der Waals surface area contributed by atoms with E-state index in [1.54, 1.807) is 16.6 Å². The molecule has 0 bridgehead atoms. The minimum Gasteiger partial charge on any atom is -0.267 e. The topological polar surface area (TPSA) is 43.0 Å². The monoisotopic (exact) mass is 286 g/mol. The molecule has 4 nitrogen and oxygen atoms in total. The second-order valence-corrected chi connectivity index (χ2v) is 5.43. The van der Waals surface area contributed by atoms with Crippen molar-refractivity contribution >= 4 is 32.6 Å². The van der Waals surface area contributed by atoms with Gasteiger partial charge in [0.25, 0.3) is 11.1 Å². The first-order chi connectivity index (χ1) is 10.8. The Bertz CT molecular complexity index is 1310. The number of fused-ring (bicyclic) bond motifs is 7. The number of nitrogens with zero attached hydrogens (tertiary/aromatic N) is 2. The lowest BCUT2D eigenvalue weighted by molar-refractivity contribution is 0.842. The van der Waals surface area contributed by atoms with Crippen molar-refractivity contribution in [1.82, 2.24) is 9.03 Å². The fourth-order valence-electron chi connectivity index (χ4n) is 3.33. The average molecular weight is 286 g/mol. The fourth-order valence-corrected chi connectivity index (χ4v) is 3.33. The molecule has 22 heavy (non-hydrogen) atoms. The maximum atomic E-state index is 12.7. The highest BCUT2D eigenvalue weighted by atomic mass is 16.2. The van der Waals surface area contributed by atoms with E-state index >= 15 is 0 Å². The first-order valence-electron chi connectivity index (χ1n) is 7.07. The van der Waals surface area contributed by atoms with Gasteiger partial charge >= 0.3 is 0 Å². The van der Waals surface area contributed by atoms with Crippen LogP contribution in [-0.2, 0) is 0 Å². The van der Waals surface area contributed by atoms with E-state index in [2.05, 4.69) is 0 Å². The Hall–Kier alpha value is -3.14. The molecule has 2 heterocycles. The van der Waals surface area contributed by atoms with Gasteiger partial charge in [-0.05, 0) is 23.6 Å². The summed E-state index contributed by atoms with van der Waals surface area (Å²) in [4.78, 5) is 25.2. The highest BCUT2D eigenvalue weighted by molar-refractivity contribution is 6.06. The van der Waals surface area contributed by atoms with E-state index in [-0.39, 0.29) is 11.1 Å². The maximum absolute atomic E-state index is 12.7. The van der Waals surface area contributed by atoms with Gasteiger partial charge in [0.05, 0.1) is 21.8 Å². The zero-order chi connectivity index (χ0) is 14.8. The lowest BCUT2D eigenvalue weighted by Gasteiger charge is -2.00. The molecule has 0 aliphatic heterocycles. The maximum Gasteiger partial charge on any atom is 0.282 e. The summed E-state index contributed by atoms with van der Waals surface area (Å²) in [6.45, 7) is 0. The third kappa shape index (κ3) is 1.18. The van der Waals surface area contributed by atoms with Crippen LogP contribution in [0, 0.1) is 0 Å². The Morgan fingerprint density at radius 3 is 2.14 bits per heavy atom. The van der Waals surface area contributed by atoms with Gasteiger partial charge in [-0.2, -0.15) is 4.52 Å². The van der Waals surface area contributed by atoms with Gasteiger partial charge in [-0.1, -0.05) is 42.5 Å². The number of hydrogen-bond donors (Lipinski definition) is 0. The first-order valence-corrected chi connectivity index (χ1v) is 7.07. The van der Waals surface area contributed by atoms with Crippen LogP contribution in [0.25, 0.3) is 32.6 Å². The molecule has 0 amide bonds. The van der Waals surface area contributed by atoms with Gasteiger partial charge < -0.3 is 0 Å². The molecule has 0 aliphatic carbocycles.